The number of isocyanates is 1. The smallest absolute Gasteiger partial charge is 0.235 e. The average molecular weight is 259 g/mol. The number of rotatable bonds is 6. The molecule has 0 radical (unpaired) electrons. The quantitative estimate of drug-likeness (QED) is 0.580. The highest BCUT2D eigenvalue weighted by molar-refractivity contribution is 5.41. The van der Waals surface area contributed by atoms with Crippen molar-refractivity contribution in [2.75, 3.05) is 7.11 Å². The predicted molar refractivity (Wildman–Crippen MR) is 74.9 cm³/mol. The van der Waals surface area contributed by atoms with Crippen molar-refractivity contribution in [3.05, 3.63) is 35.4 Å². The Labute approximate surface area is 114 Å². The first-order valence-electron chi connectivity index (χ1n) is 6.75. The first-order valence-corrected chi connectivity index (χ1v) is 6.75. The van der Waals surface area contributed by atoms with Crippen LogP contribution in [0.5, 0.6) is 0 Å². The van der Waals surface area contributed by atoms with Crippen molar-refractivity contribution in [1.82, 2.24) is 0 Å². The second-order valence-corrected chi connectivity index (χ2v) is 5.90. The SMILES string of the molecule is COC(C)(C)CCc1ccc(C2(N=C=O)CC2)cc1. The van der Waals surface area contributed by atoms with Gasteiger partial charge in [-0.15, -0.1) is 0 Å². The van der Waals surface area contributed by atoms with Gasteiger partial charge in [-0.3, -0.25) is 0 Å². The highest BCUT2D eigenvalue weighted by Gasteiger charge is 2.44. The van der Waals surface area contributed by atoms with Crippen LogP contribution in [-0.4, -0.2) is 18.8 Å². The van der Waals surface area contributed by atoms with Crippen molar-refractivity contribution in [3.63, 3.8) is 0 Å². The summed E-state index contributed by atoms with van der Waals surface area (Å²) < 4.78 is 5.42. The minimum atomic E-state index is -0.258. The Morgan fingerprint density at radius 2 is 1.95 bits per heavy atom. The van der Waals surface area contributed by atoms with Gasteiger partial charge in [0.25, 0.3) is 0 Å². The van der Waals surface area contributed by atoms with Crippen LogP contribution >= 0.6 is 0 Å². The molecule has 2 rings (SSSR count). The molecule has 3 heteroatoms. The van der Waals surface area contributed by atoms with Gasteiger partial charge in [0.05, 0.1) is 11.1 Å². The van der Waals surface area contributed by atoms with Crippen LogP contribution in [0, 0.1) is 0 Å². The number of benzene rings is 1. The number of hydrogen-bond donors (Lipinski definition) is 0. The molecule has 1 aliphatic rings. The van der Waals surface area contributed by atoms with Crippen LogP contribution in [0.25, 0.3) is 0 Å². The Bertz CT molecular complexity index is 480. The Balaban J connectivity index is 2.01. The molecule has 102 valence electrons. The average Bonchev–Trinajstić information content (AvgIpc) is 3.19. The second kappa shape index (κ2) is 5.28. The maximum atomic E-state index is 10.4. The third kappa shape index (κ3) is 3.31. The molecule has 3 nitrogen and oxygen atoms in total. The number of ether oxygens (including phenoxy) is 1. The maximum Gasteiger partial charge on any atom is 0.235 e. The van der Waals surface area contributed by atoms with Gasteiger partial charge in [-0.25, -0.2) is 4.79 Å². The summed E-state index contributed by atoms with van der Waals surface area (Å²) in [5.41, 5.74) is 2.08. The van der Waals surface area contributed by atoms with Gasteiger partial charge in [0.2, 0.25) is 6.08 Å². The molecule has 0 aliphatic heterocycles. The van der Waals surface area contributed by atoms with Crippen molar-refractivity contribution in [2.45, 2.75) is 50.7 Å². The Kier molecular flexibility index (Phi) is 3.88. The highest BCUT2D eigenvalue weighted by atomic mass is 16.5. The van der Waals surface area contributed by atoms with E-state index in [1.807, 2.05) is 0 Å². The third-order valence-corrected chi connectivity index (χ3v) is 4.04. The molecule has 1 aromatic rings. The highest BCUT2D eigenvalue weighted by Crippen LogP contribution is 2.49. The molecule has 0 saturated heterocycles. The lowest BCUT2D eigenvalue weighted by Crippen LogP contribution is -2.22. The largest absolute Gasteiger partial charge is 0.379 e. The van der Waals surface area contributed by atoms with Crippen LogP contribution in [0.2, 0.25) is 0 Å². The topological polar surface area (TPSA) is 38.7 Å². The Morgan fingerprint density at radius 3 is 2.42 bits per heavy atom. The number of aliphatic imine (C=N–C) groups is 1. The van der Waals surface area contributed by atoms with Crippen LogP contribution in [0.3, 0.4) is 0 Å². The van der Waals surface area contributed by atoms with Gasteiger partial charge in [0, 0.05) is 7.11 Å². The zero-order chi connectivity index (χ0) is 13.9. The molecule has 1 aliphatic carbocycles. The molecule has 0 N–H and O–H groups in total. The molecular weight excluding hydrogens is 238 g/mol. The van der Waals surface area contributed by atoms with E-state index in [-0.39, 0.29) is 11.1 Å². The summed E-state index contributed by atoms with van der Waals surface area (Å²) in [4.78, 5) is 14.4. The van der Waals surface area contributed by atoms with Gasteiger partial charge in [-0.2, -0.15) is 4.99 Å². The van der Waals surface area contributed by atoms with Gasteiger partial charge >= 0.3 is 0 Å². The molecule has 1 aromatic carbocycles. The number of hydrogen-bond acceptors (Lipinski definition) is 3. The number of nitrogens with zero attached hydrogens (tertiary/aromatic N) is 1. The van der Waals surface area contributed by atoms with E-state index in [1.165, 1.54) is 5.56 Å². The molecule has 0 heterocycles. The number of carbonyl (C=O) groups excluding carboxylic acids is 1. The summed E-state index contributed by atoms with van der Waals surface area (Å²) in [5, 5.41) is 0. The molecule has 1 saturated carbocycles. The van der Waals surface area contributed by atoms with E-state index in [0.29, 0.717) is 0 Å². The number of aryl methyl sites for hydroxylation is 1. The van der Waals surface area contributed by atoms with E-state index in [0.717, 1.165) is 31.2 Å². The second-order valence-electron chi connectivity index (χ2n) is 5.90. The minimum Gasteiger partial charge on any atom is -0.379 e. The summed E-state index contributed by atoms with van der Waals surface area (Å²) in [7, 11) is 1.75. The van der Waals surface area contributed by atoms with Gasteiger partial charge in [-0.1, -0.05) is 24.3 Å². The van der Waals surface area contributed by atoms with Crippen LogP contribution in [0.15, 0.2) is 29.3 Å². The predicted octanol–water partition coefficient (Wildman–Crippen LogP) is 3.37. The third-order valence-electron chi connectivity index (χ3n) is 4.04. The maximum absolute atomic E-state index is 10.4. The summed E-state index contributed by atoms with van der Waals surface area (Å²) in [6.45, 7) is 4.19. The molecule has 1 fully saturated rings. The summed E-state index contributed by atoms with van der Waals surface area (Å²) >= 11 is 0. The molecular formula is C16H21NO2. The van der Waals surface area contributed by atoms with Crippen molar-refractivity contribution in [3.8, 4) is 0 Å². The van der Waals surface area contributed by atoms with E-state index in [4.69, 9.17) is 4.74 Å². The van der Waals surface area contributed by atoms with E-state index >= 15 is 0 Å². The number of methoxy groups -OCH3 is 1. The van der Waals surface area contributed by atoms with Crippen molar-refractivity contribution in [1.29, 1.82) is 0 Å². The first-order chi connectivity index (χ1) is 9.01. The lowest BCUT2D eigenvalue weighted by molar-refractivity contribution is 0.0158. The van der Waals surface area contributed by atoms with Crippen LogP contribution in [0.1, 0.15) is 44.2 Å². The molecule has 19 heavy (non-hydrogen) atoms. The van der Waals surface area contributed by atoms with Gasteiger partial charge in [0.1, 0.15) is 0 Å². The summed E-state index contributed by atoms with van der Waals surface area (Å²) in [6, 6.07) is 8.43. The standard InChI is InChI=1S/C16H21NO2/c1-15(2,19-3)9-8-13-4-6-14(7-5-13)16(10-11-16)17-12-18/h4-7H,8-11H2,1-3H3. The van der Waals surface area contributed by atoms with E-state index in [2.05, 4.69) is 43.1 Å². The fourth-order valence-corrected chi connectivity index (χ4v) is 2.20. The van der Waals surface area contributed by atoms with Crippen molar-refractivity contribution in [2.24, 2.45) is 4.99 Å². The lowest BCUT2D eigenvalue weighted by atomic mass is 9.96. The molecule has 0 aromatic heterocycles. The summed E-state index contributed by atoms with van der Waals surface area (Å²) in [6.07, 6.45) is 5.59. The van der Waals surface area contributed by atoms with Gasteiger partial charge < -0.3 is 4.74 Å². The van der Waals surface area contributed by atoms with Crippen LogP contribution in [0.4, 0.5) is 0 Å². The zero-order valence-electron chi connectivity index (χ0n) is 11.9. The van der Waals surface area contributed by atoms with Crippen molar-refractivity contribution < 1.29 is 9.53 Å². The van der Waals surface area contributed by atoms with Crippen molar-refractivity contribution >= 4 is 6.08 Å². The van der Waals surface area contributed by atoms with Crippen LogP contribution < -0.4 is 0 Å². The first kappa shape index (κ1) is 14.0. The normalized spacial score (nSPS) is 16.8. The van der Waals surface area contributed by atoms with E-state index in [9.17, 15) is 4.79 Å². The molecule has 0 amide bonds. The van der Waals surface area contributed by atoms with Gasteiger partial charge in [-0.05, 0) is 50.7 Å². The lowest BCUT2D eigenvalue weighted by Gasteiger charge is -2.22. The summed E-state index contributed by atoms with van der Waals surface area (Å²) in [5.74, 6) is 0. The fourth-order valence-electron chi connectivity index (χ4n) is 2.20. The Morgan fingerprint density at radius 1 is 1.32 bits per heavy atom. The monoisotopic (exact) mass is 259 g/mol. The molecule has 0 spiro atoms. The minimum absolute atomic E-state index is 0.0851. The fraction of sp³-hybridized carbons (Fsp3) is 0.562. The Hall–Kier alpha value is -1.44. The van der Waals surface area contributed by atoms with E-state index in [1.54, 1.807) is 13.2 Å². The van der Waals surface area contributed by atoms with Crippen LogP contribution in [-0.2, 0) is 21.5 Å². The van der Waals surface area contributed by atoms with Gasteiger partial charge in [0.15, 0.2) is 0 Å². The molecule has 0 unspecified atom stereocenters. The van der Waals surface area contributed by atoms with E-state index < -0.39 is 0 Å². The molecule has 0 bridgehead atoms. The molecule has 0 atom stereocenters. The zero-order valence-corrected chi connectivity index (χ0v) is 11.9.